The quantitative estimate of drug-likeness (QED) is 0.834. The fourth-order valence-corrected chi connectivity index (χ4v) is 4.00. The van der Waals surface area contributed by atoms with E-state index in [4.69, 9.17) is 5.73 Å². The molecule has 2 atom stereocenters. The first-order valence-electron chi connectivity index (χ1n) is 8.26. The first-order valence-corrected chi connectivity index (χ1v) is 8.26. The van der Waals surface area contributed by atoms with Gasteiger partial charge in [-0.15, -0.1) is 0 Å². The Bertz CT molecular complexity index is 259. The Morgan fingerprint density at radius 2 is 1.42 bits per heavy atom. The van der Waals surface area contributed by atoms with Crippen molar-refractivity contribution in [3.63, 3.8) is 0 Å². The van der Waals surface area contributed by atoms with Gasteiger partial charge in [0.25, 0.3) is 0 Å². The maximum absolute atomic E-state index is 6.26. The zero-order valence-corrected chi connectivity index (χ0v) is 13.2. The van der Waals surface area contributed by atoms with Gasteiger partial charge in [-0.3, -0.25) is 9.80 Å². The molecule has 2 aliphatic rings. The van der Waals surface area contributed by atoms with Crippen LogP contribution < -0.4 is 5.73 Å². The molecule has 3 heteroatoms. The maximum atomic E-state index is 6.26. The highest BCUT2D eigenvalue weighted by atomic mass is 15.3. The number of hydrogen-bond donors (Lipinski definition) is 1. The van der Waals surface area contributed by atoms with Crippen LogP contribution in [-0.2, 0) is 0 Å². The molecular weight excluding hydrogens is 234 g/mol. The summed E-state index contributed by atoms with van der Waals surface area (Å²) in [5.74, 6) is 0. The average Bonchev–Trinajstić information content (AvgIpc) is 2.36. The van der Waals surface area contributed by atoms with Gasteiger partial charge in [-0.05, 0) is 33.7 Å². The molecule has 0 aromatic carbocycles. The van der Waals surface area contributed by atoms with Crippen molar-refractivity contribution in [1.29, 1.82) is 0 Å². The molecule has 3 nitrogen and oxygen atoms in total. The second-order valence-electron chi connectivity index (χ2n) is 6.96. The lowest BCUT2D eigenvalue weighted by Crippen LogP contribution is -2.64. The number of likely N-dealkylation sites (N-methyl/N-ethyl adjacent to an activating group) is 1. The molecule has 1 aliphatic carbocycles. The third kappa shape index (κ3) is 3.32. The lowest BCUT2D eigenvalue weighted by Gasteiger charge is -2.52. The van der Waals surface area contributed by atoms with Crippen molar-refractivity contribution in [3.05, 3.63) is 0 Å². The summed E-state index contributed by atoms with van der Waals surface area (Å²) in [5, 5.41) is 0. The standard InChI is InChI=1S/C16H33N3/c1-14-11-19(12-15(2)18(14)3)16(13-17)9-7-5-4-6-8-10-16/h14-15H,4-13,17H2,1-3H3. The topological polar surface area (TPSA) is 32.5 Å². The normalized spacial score (nSPS) is 34.7. The van der Waals surface area contributed by atoms with E-state index in [0.717, 1.165) is 6.54 Å². The minimum atomic E-state index is 0.296. The third-order valence-corrected chi connectivity index (χ3v) is 5.69. The van der Waals surface area contributed by atoms with Crippen molar-refractivity contribution in [2.75, 3.05) is 26.7 Å². The van der Waals surface area contributed by atoms with Crippen molar-refractivity contribution in [1.82, 2.24) is 9.80 Å². The minimum Gasteiger partial charge on any atom is -0.329 e. The van der Waals surface area contributed by atoms with Gasteiger partial charge in [0.15, 0.2) is 0 Å². The van der Waals surface area contributed by atoms with Crippen molar-refractivity contribution >= 4 is 0 Å². The first-order chi connectivity index (χ1) is 9.09. The van der Waals surface area contributed by atoms with Crippen molar-refractivity contribution in [3.8, 4) is 0 Å². The second-order valence-corrected chi connectivity index (χ2v) is 6.96. The van der Waals surface area contributed by atoms with E-state index in [1.807, 2.05) is 0 Å². The Labute approximate surface area is 119 Å². The zero-order valence-electron chi connectivity index (χ0n) is 13.2. The predicted octanol–water partition coefficient (Wildman–Crippen LogP) is 2.45. The predicted molar refractivity (Wildman–Crippen MR) is 82.4 cm³/mol. The lowest BCUT2D eigenvalue weighted by molar-refractivity contribution is -0.0212. The molecular formula is C16H33N3. The van der Waals surface area contributed by atoms with Crippen LogP contribution in [-0.4, -0.2) is 54.1 Å². The largest absolute Gasteiger partial charge is 0.329 e. The number of nitrogens with two attached hydrogens (primary N) is 1. The van der Waals surface area contributed by atoms with E-state index in [0.29, 0.717) is 17.6 Å². The summed E-state index contributed by atoms with van der Waals surface area (Å²) in [7, 11) is 2.26. The summed E-state index contributed by atoms with van der Waals surface area (Å²) in [6, 6.07) is 1.30. The summed E-state index contributed by atoms with van der Waals surface area (Å²) in [5.41, 5.74) is 6.56. The number of nitrogens with zero attached hydrogens (tertiary/aromatic N) is 2. The monoisotopic (exact) mass is 267 g/mol. The van der Waals surface area contributed by atoms with Crippen molar-refractivity contribution in [2.24, 2.45) is 5.73 Å². The van der Waals surface area contributed by atoms with Crippen molar-refractivity contribution in [2.45, 2.75) is 76.4 Å². The zero-order chi connectivity index (χ0) is 13.9. The van der Waals surface area contributed by atoms with E-state index >= 15 is 0 Å². The summed E-state index contributed by atoms with van der Waals surface area (Å²) in [6.07, 6.45) is 9.59. The molecule has 2 rings (SSSR count). The molecule has 1 saturated heterocycles. The van der Waals surface area contributed by atoms with Gasteiger partial charge in [0.05, 0.1) is 0 Å². The molecule has 1 heterocycles. The Balaban J connectivity index is 2.10. The van der Waals surface area contributed by atoms with E-state index in [1.165, 1.54) is 58.0 Å². The van der Waals surface area contributed by atoms with Gasteiger partial charge in [-0.25, -0.2) is 0 Å². The van der Waals surface area contributed by atoms with Crippen molar-refractivity contribution < 1.29 is 0 Å². The number of piperazine rings is 1. The molecule has 1 saturated carbocycles. The SMILES string of the molecule is CC1CN(C2(CN)CCCCCCC2)CC(C)N1C. The molecule has 1 aliphatic heterocycles. The summed E-state index contributed by atoms with van der Waals surface area (Å²) in [6.45, 7) is 7.94. The van der Waals surface area contributed by atoms with Crippen LogP contribution >= 0.6 is 0 Å². The summed E-state index contributed by atoms with van der Waals surface area (Å²) < 4.78 is 0. The summed E-state index contributed by atoms with van der Waals surface area (Å²) >= 11 is 0. The van der Waals surface area contributed by atoms with Gasteiger partial charge in [0, 0.05) is 37.3 Å². The lowest BCUT2D eigenvalue weighted by atomic mass is 9.81. The molecule has 0 bridgehead atoms. The number of hydrogen-bond acceptors (Lipinski definition) is 3. The smallest absolute Gasteiger partial charge is 0.0333 e. The fourth-order valence-electron chi connectivity index (χ4n) is 4.00. The van der Waals surface area contributed by atoms with Crippen LogP contribution in [0.3, 0.4) is 0 Å². The van der Waals surface area contributed by atoms with E-state index < -0.39 is 0 Å². The molecule has 19 heavy (non-hydrogen) atoms. The van der Waals surface area contributed by atoms with Crippen LogP contribution in [0.2, 0.25) is 0 Å². The highest BCUT2D eigenvalue weighted by Gasteiger charge is 2.39. The van der Waals surface area contributed by atoms with E-state index in [9.17, 15) is 0 Å². The average molecular weight is 267 g/mol. The second kappa shape index (κ2) is 6.55. The van der Waals surface area contributed by atoms with Gasteiger partial charge in [0.1, 0.15) is 0 Å². The van der Waals surface area contributed by atoms with Crippen LogP contribution in [0.25, 0.3) is 0 Å². The van der Waals surface area contributed by atoms with Gasteiger partial charge in [0.2, 0.25) is 0 Å². The highest BCUT2D eigenvalue weighted by Crippen LogP contribution is 2.33. The summed E-state index contributed by atoms with van der Waals surface area (Å²) in [4.78, 5) is 5.26. The molecule has 2 unspecified atom stereocenters. The van der Waals surface area contributed by atoms with Crippen LogP contribution in [0.4, 0.5) is 0 Å². The first kappa shape index (κ1) is 15.3. The van der Waals surface area contributed by atoms with Crippen LogP contribution in [0.15, 0.2) is 0 Å². The van der Waals surface area contributed by atoms with Gasteiger partial charge in [-0.1, -0.05) is 32.1 Å². The number of rotatable bonds is 2. The van der Waals surface area contributed by atoms with E-state index in [-0.39, 0.29) is 0 Å². The third-order valence-electron chi connectivity index (χ3n) is 5.69. The molecule has 0 aromatic heterocycles. The van der Waals surface area contributed by atoms with Gasteiger partial charge >= 0.3 is 0 Å². The molecule has 2 N–H and O–H groups in total. The van der Waals surface area contributed by atoms with Gasteiger partial charge in [-0.2, -0.15) is 0 Å². The van der Waals surface area contributed by atoms with Crippen LogP contribution in [0, 0.1) is 0 Å². The Morgan fingerprint density at radius 3 is 1.89 bits per heavy atom. The molecule has 0 amide bonds. The molecule has 0 radical (unpaired) electrons. The van der Waals surface area contributed by atoms with Gasteiger partial charge < -0.3 is 5.73 Å². The molecule has 2 fully saturated rings. The van der Waals surface area contributed by atoms with E-state index in [2.05, 4.69) is 30.7 Å². The van der Waals surface area contributed by atoms with E-state index in [1.54, 1.807) is 0 Å². The Hall–Kier alpha value is -0.120. The molecule has 112 valence electrons. The molecule has 0 spiro atoms. The maximum Gasteiger partial charge on any atom is 0.0333 e. The van der Waals surface area contributed by atoms with Crippen LogP contribution in [0.1, 0.15) is 58.8 Å². The van der Waals surface area contributed by atoms with Crippen LogP contribution in [0.5, 0.6) is 0 Å². The fraction of sp³-hybridized carbons (Fsp3) is 1.00. The Kier molecular flexibility index (Phi) is 5.27. The Morgan fingerprint density at radius 1 is 0.947 bits per heavy atom. The minimum absolute atomic E-state index is 0.296. The molecule has 0 aromatic rings. The highest BCUT2D eigenvalue weighted by molar-refractivity contribution is 4.97.